The van der Waals surface area contributed by atoms with Crippen LogP contribution < -0.4 is 0 Å². The summed E-state index contributed by atoms with van der Waals surface area (Å²) < 4.78 is 17.4. The molecule has 0 amide bonds. The van der Waals surface area contributed by atoms with Gasteiger partial charge in [0.2, 0.25) is 0 Å². The van der Waals surface area contributed by atoms with E-state index in [-0.39, 0.29) is 69.3 Å². The number of hydrogen-bond donors (Lipinski definition) is 3. The van der Waals surface area contributed by atoms with Gasteiger partial charge in [0.05, 0.1) is 12.7 Å². The maximum absolute atomic E-state index is 14.1. The van der Waals surface area contributed by atoms with Gasteiger partial charge in [0.25, 0.3) is 0 Å². The fourth-order valence-corrected chi connectivity index (χ4v) is 8.56. The van der Waals surface area contributed by atoms with Crippen LogP contribution in [0.25, 0.3) is 0 Å². The SMILES string of the molecule is CC(=O)O[C@H]1[C@@H]2[C@]3(O)CO[C@@H]3CC[C@@]2(C)C(=O)CC2=C(C)C(OC(=O)[C@H](O)[C@@H](C)c3cccs3)C[C@]1(O)C2(C)C.[Ac]. The van der Waals surface area contributed by atoms with Gasteiger partial charge in [-0.1, -0.05) is 39.3 Å². The fraction of sp³-hybridized carbons (Fsp3) is 0.700. The number of ether oxygens (including phenoxy) is 3. The number of aliphatic hydroxyl groups is 3. The van der Waals surface area contributed by atoms with E-state index >= 15 is 0 Å². The first-order chi connectivity index (χ1) is 18.6. The largest absolute Gasteiger partial charge is 0.459 e. The van der Waals surface area contributed by atoms with E-state index in [0.717, 1.165) is 4.88 Å². The van der Waals surface area contributed by atoms with E-state index in [2.05, 4.69) is 0 Å². The van der Waals surface area contributed by atoms with Crippen molar-refractivity contribution >= 4 is 29.1 Å². The zero-order chi connectivity index (χ0) is 29.4. The molecule has 0 aromatic carbocycles. The Morgan fingerprint density at radius 3 is 2.44 bits per heavy atom. The van der Waals surface area contributed by atoms with Crippen molar-refractivity contribution in [1.82, 2.24) is 0 Å². The molecule has 0 spiro atoms. The summed E-state index contributed by atoms with van der Waals surface area (Å²) in [6, 6.07) is 3.67. The van der Waals surface area contributed by atoms with Gasteiger partial charge in [-0.3, -0.25) is 9.59 Å². The second-order valence-electron chi connectivity index (χ2n) is 12.9. The smallest absolute Gasteiger partial charge is 0.336 e. The Balaban J connectivity index is 0.00000387. The van der Waals surface area contributed by atoms with Crippen molar-refractivity contribution in [2.75, 3.05) is 6.61 Å². The summed E-state index contributed by atoms with van der Waals surface area (Å²) in [7, 11) is 0. The molecule has 1 aromatic heterocycles. The van der Waals surface area contributed by atoms with Gasteiger partial charge in [0, 0.05) is 91.4 Å². The Kier molecular flexibility index (Phi) is 9.21. The molecule has 11 heteroatoms. The molecule has 9 atom stereocenters. The molecule has 2 saturated carbocycles. The van der Waals surface area contributed by atoms with Crippen molar-refractivity contribution in [3.05, 3.63) is 33.5 Å². The van der Waals surface area contributed by atoms with E-state index < -0.39 is 70.2 Å². The van der Waals surface area contributed by atoms with E-state index in [1.165, 1.54) is 18.3 Å². The Labute approximate surface area is 280 Å². The van der Waals surface area contributed by atoms with Crippen LogP contribution in [0.2, 0.25) is 0 Å². The molecular weight excluding hydrogens is 763 g/mol. The molecular formula is C30H40AcO9S. The first kappa shape index (κ1) is 33.2. The van der Waals surface area contributed by atoms with Crippen molar-refractivity contribution in [2.45, 2.75) is 109 Å². The molecule has 1 unspecified atom stereocenters. The third-order valence-electron chi connectivity index (χ3n) is 10.5. The van der Waals surface area contributed by atoms with Crippen LogP contribution in [-0.2, 0) is 28.6 Å². The zero-order valence-corrected chi connectivity index (χ0v) is 30.1. The van der Waals surface area contributed by atoms with E-state index in [0.29, 0.717) is 24.0 Å². The molecule has 41 heavy (non-hydrogen) atoms. The number of aliphatic hydroxyl groups excluding tert-OH is 1. The number of rotatable bonds is 5. The Morgan fingerprint density at radius 2 is 1.88 bits per heavy atom. The van der Waals surface area contributed by atoms with Crippen LogP contribution in [0.1, 0.15) is 78.0 Å². The Morgan fingerprint density at radius 1 is 1.20 bits per heavy atom. The minimum Gasteiger partial charge on any atom is -0.459 e. The van der Waals surface area contributed by atoms with Crippen LogP contribution in [0.3, 0.4) is 0 Å². The van der Waals surface area contributed by atoms with E-state index in [1.807, 2.05) is 17.5 Å². The molecule has 1 aromatic rings. The van der Waals surface area contributed by atoms with Gasteiger partial charge in [-0.05, 0) is 36.8 Å². The maximum atomic E-state index is 14.1. The first-order valence-electron chi connectivity index (χ1n) is 14.0. The summed E-state index contributed by atoms with van der Waals surface area (Å²) in [5, 5.41) is 37.3. The predicted molar refractivity (Wildman–Crippen MR) is 145 cm³/mol. The topological polar surface area (TPSA) is 140 Å². The second kappa shape index (κ2) is 11.4. The Hall–Kier alpha value is -0.668. The van der Waals surface area contributed by atoms with Crippen LogP contribution >= 0.6 is 11.3 Å². The monoisotopic (exact) mass is 803 g/mol. The zero-order valence-electron chi connectivity index (χ0n) is 24.5. The Bertz CT molecular complexity index is 1240. The van der Waals surface area contributed by atoms with E-state index in [9.17, 15) is 29.7 Å². The molecule has 4 aliphatic rings. The van der Waals surface area contributed by atoms with Crippen molar-refractivity contribution in [3.8, 4) is 0 Å². The molecule has 3 aliphatic carbocycles. The summed E-state index contributed by atoms with van der Waals surface area (Å²) >= 11 is 1.43. The van der Waals surface area contributed by atoms with Crippen molar-refractivity contribution in [2.24, 2.45) is 16.7 Å². The first-order valence-corrected chi connectivity index (χ1v) is 14.8. The molecule has 223 valence electrons. The number of ketones is 1. The normalized spacial score (nSPS) is 39.0. The average Bonchev–Trinajstić information content (AvgIpc) is 3.41. The quantitative estimate of drug-likeness (QED) is 0.303. The van der Waals surface area contributed by atoms with Crippen LogP contribution in [0.4, 0.5) is 0 Å². The number of carbonyl (C=O) groups is 3. The summed E-state index contributed by atoms with van der Waals surface area (Å²) in [5.74, 6) is -3.06. The van der Waals surface area contributed by atoms with Crippen LogP contribution in [0, 0.1) is 60.8 Å². The van der Waals surface area contributed by atoms with Crippen molar-refractivity contribution < 1.29 is 88.0 Å². The van der Waals surface area contributed by atoms with Crippen LogP contribution in [-0.4, -0.2) is 75.3 Å². The second-order valence-corrected chi connectivity index (χ2v) is 13.9. The van der Waals surface area contributed by atoms with Gasteiger partial charge >= 0.3 is 11.9 Å². The summed E-state index contributed by atoms with van der Waals surface area (Å²) in [6.07, 6.45) is -3.50. The minimum atomic E-state index is -1.82. The van der Waals surface area contributed by atoms with Crippen LogP contribution in [0.15, 0.2) is 28.7 Å². The van der Waals surface area contributed by atoms with Crippen LogP contribution in [0.5, 0.6) is 0 Å². The van der Waals surface area contributed by atoms with Gasteiger partial charge in [0.15, 0.2) is 6.10 Å². The molecule has 2 heterocycles. The third kappa shape index (κ3) is 5.04. The van der Waals surface area contributed by atoms with Crippen molar-refractivity contribution in [1.29, 1.82) is 0 Å². The van der Waals surface area contributed by atoms with E-state index in [4.69, 9.17) is 14.2 Å². The maximum Gasteiger partial charge on any atom is 0.336 e. The number of fused-ring (bicyclic) bond motifs is 5. The van der Waals surface area contributed by atoms with Gasteiger partial charge in [0.1, 0.15) is 29.2 Å². The summed E-state index contributed by atoms with van der Waals surface area (Å²) in [6.45, 7) is 10.1. The molecule has 9 nitrogen and oxygen atoms in total. The number of Topliss-reactive ketones (excluding diaryl/α,β-unsaturated/α-hetero) is 1. The molecule has 3 N–H and O–H groups in total. The molecule has 5 rings (SSSR count). The van der Waals surface area contributed by atoms with E-state index in [1.54, 1.807) is 34.6 Å². The average molecular weight is 804 g/mol. The molecule has 1 aliphatic heterocycles. The van der Waals surface area contributed by atoms with Gasteiger partial charge < -0.3 is 29.5 Å². The molecule has 1 radical (unpaired) electrons. The summed E-state index contributed by atoms with van der Waals surface area (Å²) in [5.41, 5.74) is -4.20. The van der Waals surface area contributed by atoms with Crippen molar-refractivity contribution in [3.63, 3.8) is 0 Å². The standard InChI is InChI=1S/C30H40O9S.Ac/c1-15-18-12-21(32)28(6)10-9-22-29(35,14-37-22)24(28)25(38-17(3)31)30(36,27(18,4)5)13-19(15)39-26(34)23(33)16(2)20-8-7-11-40-20;/h7-8,11,16,19,22-25,33,35-36H,9-10,12-14H2,1-6H3;/t16-,19?,22+,23+,24-,25-,28-,29-,30+;/m0./s1. The molecule has 2 bridgehead atoms. The third-order valence-corrected chi connectivity index (χ3v) is 11.6. The van der Waals surface area contributed by atoms with Gasteiger partial charge in [-0.2, -0.15) is 0 Å². The van der Waals surface area contributed by atoms with Gasteiger partial charge in [-0.15, -0.1) is 11.3 Å². The predicted octanol–water partition coefficient (Wildman–Crippen LogP) is 3.05. The fourth-order valence-electron chi connectivity index (χ4n) is 7.75. The number of hydrogen-bond acceptors (Lipinski definition) is 10. The van der Waals surface area contributed by atoms with Gasteiger partial charge in [-0.25, -0.2) is 4.79 Å². The number of carbonyl (C=O) groups excluding carboxylic acids is 3. The molecule has 3 fully saturated rings. The number of esters is 2. The minimum absolute atomic E-state index is 0. The molecule has 1 saturated heterocycles. The number of thiophene rings is 1. The summed E-state index contributed by atoms with van der Waals surface area (Å²) in [4.78, 5) is 40.7.